The van der Waals surface area contributed by atoms with Crippen LogP contribution in [0.5, 0.6) is 11.5 Å². The predicted octanol–water partition coefficient (Wildman–Crippen LogP) is 4.02. The summed E-state index contributed by atoms with van der Waals surface area (Å²) in [5.41, 5.74) is 2.24. The van der Waals surface area contributed by atoms with Crippen LogP contribution in [0.4, 0.5) is 10.1 Å². The van der Waals surface area contributed by atoms with Crippen molar-refractivity contribution in [2.24, 2.45) is 4.99 Å². The van der Waals surface area contributed by atoms with E-state index < -0.39 is 17.8 Å². The van der Waals surface area contributed by atoms with Crippen LogP contribution in [-0.4, -0.2) is 48.1 Å². The lowest BCUT2D eigenvalue weighted by Gasteiger charge is -2.25. The number of rotatable bonds is 8. The normalized spacial score (nSPS) is 16.3. The van der Waals surface area contributed by atoms with Crippen molar-refractivity contribution in [3.63, 3.8) is 0 Å². The molecule has 2 aliphatic rings. The van der Waals surface area contributed by atoms with Gasteiger partial charge in [0.25, 0.3) is 17.4 Å². The maximum Gasteiger partial charge on any atom is 0.271 e. The van der Waals surface area contributed by atoms with Gasteiger partial charge < -0.3 is 19.7 Å². The minimum absolute atomic E-state index is 0.0671. The fourth-order valence-electron chi connectivity index (χ4n) is 5.53. The van der Waals surface area contributed by atoms with E-state index in [2.05, 4.69) is 10.3 Å². The molecule has 2 aliphatic heterocycles. The molecule has 1 atom stereocenters. The first-order valence-corrected chi connectivity index (χ1v) is 15.4. The number of ether oxygens (including phenoxy) is 2. The van der Waals surface area contributed by atoms with Gasteiger partial charge >= 0.3 is 0 Å². The van der Waals surface area contributed by atoms with E-state index in [1.807, 2.05) is 18.2 Å². The molecule has 11 heteroatoms. The Balaban J connectivity index is 1.35. The Labute approximate surface area is 262 Å². The molecule has 0 radical (unpaired) electrons. The zero-order valence-electron chi connectivity index (χ0n) is 24.8. The van der Waals surface area contributed by atoms with Crippen LogP contribution in [-0.2, 0) is 9.59 Å². The van der Waals surface area contributed by atoms with Gasteiger partial charge in [-0.1, -0.05) is 47.7 Å². The van der Waals surface area contributed by atoms with Gasteiger partial charge in [0, 0.05) is 18.8 Å². The molecule has 3 aromatic carbocycles. The quantitative estimate of drug-likeness (QED) is 0.319. The van der Waals surface area contributed by atoms with Crippen molar-refractivity contribution in [3.8, 4) is 11.5 Å². The monoisotopic (exact) mass is 626 g/mol. The van der Waals surface area contributed by atoms with Gasteiger partial charge in [0.2, 0.25) is 0 Å². The number of fused-ring (bicyclic) bond motifs is 1. The van der Waals surface area contributed by atoms with E-state index in [-0.39, 0.29) is 23.6 Å². The first-order chi connectivity index (χ1) is 21.8. The molecular weight excluding hydrogens is 595 g/mol. The molecule has 0 unspecified atom stereocenters. The topological polar surface area (TPSA) is 102 Å². The van der Waals surface area contributed by atoms with E-state index in [9.17, 15) is 18.8 Å². The molecule has 6 rings (SSSR count). The molecule has 1 fully saturated rings. The van der Waals surface area contributed by atoms with Gasteiger partial charge in [-0.25, -0.2) is 9.38 Å². The number of halogens is 1. The van der Waals surface area contributed by atoms with Gasteiger partial charge in [-0.05, 0) is 73.4 Å². The first-order valence-electron chi connectivity index (χ1n) is 14.6. The molecule has 1 saturated heterocycles. The number of methoxy groups -OCH3 is 1. The molecule has 45 heavy (non-hydrogen) atoms. The average Bonchev–Trinajstić information content (AvgIpc) is 3.69. The summed E-state index contributed by atoms with van der Waals surface area (Å²) in [6, 6.07) is 19.2. The zero-order valence-corrected chi connectivity index (χ0v) is 25.6. The van der Waals surface area contributed by atoms with Crippen LogP contribution in [0.3, 0.4) is 0 Å². The summed E-state index contributed by atoms with van der Waals surface area (Å²) in [4.78, 5) is 46.9. The van der Waals surface area contributed by atoms with E-state index >= 15 is 0 Å². The number of thiazole rings is 1. The van der Waals surface area contributed by atoms with Gasteiger partial charge in [0.05, 0.1) is 29.0 Å². The fourth-order valence-corrected chi connectivity index (χ4v) is 6.58. The second kappa shape index (κ2) is 12.9. The number of nitrogens with zero attached hydrogens (tertiary/aromatic N) is 3. The van der Waals surface area contributed by atoms with Gasteiger partial charge in [0.1, 0.15) is 5.82 Å². The number of likely N-dealkylation sites (tertiary alicyclic amines) is 1. The van der Waals surface area contributed by atoms with E-state index in [1.54, 1.807) is 60.4 Å². The number of carbonyl (C=O) groups is 2. The van der Waals surface area contributed by atoms with Crippen molar-refractivity contribution in [2.45, 2.75) is 25.8 Å². The minimum Gasteiger partial charge on any atom is -0.493 e. The van der Waals surface area contributed by atoms with Crippen LogP contribution in [0.2, 0.25) is 0 Å². The number of carbonyl (C=O) groups excluding carboxylic acids is 2. The molecule has 0 spiro atoms. The number of anilines is 1. The number of aromatic nitrogens is 1. The molecule has 1 N–H and O–H groups in total. The lowest BCUT2D eigenvalue weighted by molar-refractivity contribution is -0.132. The Morgan fingerprint density at radius 3 is 2.49 bits per heavy atom. The highest BCUT2D eigenvalue weighted by atomic mass is 32.1. The molecule has 4 aromatic rings. The van der Waals surface area contributed by atoms with Gasteiger partial charge in [-0.2, -0.15) is 0 Å². The number of nitrogens with one attached hydrogen (secondary N) is 1. The van der Waals surface area contributed by atoms with Crippen LogP contribution in [0.1, 0.15) is 36.9 Å². The van der Waals surface area contributed by atoms with Crippen LogP contribution in [0.15, 0.2) is 93.9 Å². The number of amides is 2. The number of para-hydroxylation sites is 1. The molecule has 0 bridgehead atoms. The third kappa shape index (κ3) is 6.30. The number of benzene rings is 3. The largest absolute Gasteiger partial charge is 0.493 e. The van der Waals surface area contributed by atoms with Crippen LogP contribution >= 0.6 is 11.3 Å². The lowest BCUT2D eigenvalue weighted by Crippen LogP contribution is -2.40. The number of hydrogen-bond donors (Lipinski definition) is 1. The molecule has 0 aliphatic carbocycles. The summed E-state index contributed by atoms with van der Waals surface area (Å²) in [5, 5.41) is 2.90. The minimum atomic E-state index is -0.828. The number of hydrogen-bond acceptors (Lipinski definition) is 7. The van der Waals surface area contributed by atoms with Crippen molar-refractivity contribution in [3.05, 3.63) is 121 Å². The standard InChI is InChI=1S/C34H31FN4O5S/c1-21-30(32(41)37-25-8-4-3-5-9-25)31(23-11-13-24(35)14-12-23)39-33(42)28(45-34(39)36-21)19-22-10-15-26(27(18-22)43-2)44-20-29(40)38-16-6-7-17-38/h3-5,8-15,18-19,31H,6-7,16-17,20H2,1-2H3,(H,37,41)/b28-19+/t31-/m0/s1. The van der Waals surface area contributed by atoms with Crippen molar-refractivity contribution in [1.29, 1.82) is 0 Å². The van der Waals surface area contributed by atoms with Gasteiger partial charge in [-0.3, -0.25) is 19.0 Å². The summed E-state index contributed by atoms with van der Waals surface area (Å²) in [7, 11) is 1.51. The zero-order chi connectivity index (χ0) is 31.5. The van der Waals surface area contributed by atoms with Crippen molar-refractivity contribution >= 4 is 34.9 Å². The molecule has 9 nitrogen and oxygen atoms in total. The predicted molar refractivity (Wildman–Crippen MR) is 170 cm³/mol. The van der Waals surface area contributed by atoms with E-state index in [0.717, 1.165) is 25.9 Å². The molecule has 3 heterocycles. The number of allylic oxidation sites excluding steroid dienone is 1. The summed E-state index contributed by atoms with van der Waals surface area (Å²) in [5.74, 6) is -0.0589. The molecule has 230 valence electrons. The Morgan fingerprint density at radius 2 is 1.78 bits per heavy atom. The molecule has 2 amide bonds. The van der Waals surface area contributed by atoms with Gasteiger partial charge in [-0.15, -0.1) is 0 Å². The van der Waals surface area contributed by atoms with E-state index in [0.29, 0.717) is 43.3 Å². The third-order valence-electron chi connectivity index (χ3n) is 7.78. The Hall–Kier alpha value is -5.03. The Morgan fingerprint density at radius 1 is 1.04 bits per heavy atom. The average molecular weight is 627 g/mol. The second-order valence-electron chi connectivity index (χ2n) is 10.7. The lowest BCUT2D eigenvalue weighted by atomic mass is 9.95. The van der Waals surface area contributed by atoms with E-state index in [1.165, 1.54) is 35.1 Å². The molecule has 0 saturated carbocycles. The maximum absolute atomic E-state index is 14.0. The van der Waals surface area contributed by atoms with Crippen LogP contribution in [0, 0.1) is 5.82 Å². The van der Waals surface area contributed by atoms with E-state index in [4.69, 9.17) is 9.47 Å². The summed E-state index contributed by atoms with van der Waals surface area (Å²) >= 11 is 1.19. The SMILES string of the molecule is COc1cc(/C=c2/sc3n(c2=O)[C@@H](c2ccc(F)cc2)C(C(=O)Nc2ccccc2)=C(C)N=3)ccc1OCC(=O)N1CCCC1. The highest BCUT2D eigenvalue weighted by Gasteiger charge is 2.32. The summed E-state index contributed by atoms with van der Waals surface area (Å²) in [6.45, 7) is 3.13. The van der Waals surface area contributed by atoms with Crippen molar-refractivity contribution in [2.75, 3.05) is 32.1 Å². The smallest absolute Gasteiger partial charge is 0.271 e. The van der Waals surface area contributed by atoms with Crippen molar-refractivity contribution in [1.82, 2.24) is 9.47 Å². The van der Waals surface area contributed by atoms with Gasteiger partial charge in [0.15, 0.2) is 22.9 Å². The third-order valence-corrected chi connectivity index (χ3v) is 8.76. The maximum atomic E-state index is 14.0. The first kappa shape index (κ1) is 30.0. The fraction of sp³-hybridized carbons (Fsp3) is 0.235. The van der Waals surface area contributed by atoms with Crippen molar-refractivity contribution < 1.29 is 23.5 Å². The molecule has 1 aromatic heterocycles. The summed E-state index contributed by atoms with van der Waals surface area (Å²) < 4.78 is 27.1. The highest BCUT2D eigenvalue weighted by molar-refractivity contribution is 7.07. The summed E-state index contributed by atoms with van der Waals surface area (Å²) in [6.07, 6.45) is 3.72. The Kier molecular flexibility index (Phi) is 8.61. The second-order valence-corrected chi connectivity index (χ2v) is 11.7. The van der Waals surface area contributed by atoms with Crippen LogP contribution < -0.4 is 29.7 Å². The Bertz CT molecular complexity index is 1960. The highest BCUT2D eigenvalue weighted by Crippen LogP contribution is 2.31. The molecular formula is C34H31FN4O5S. The van der Waals surface area contributed by atoms with Crippen LogP contribution in [0.25, 0.3) is 6.08 Å².